The summed E-state index contributed by atoms with van der Waals surface area (Å²) in [5.41, 5.74) is 2.40. The highest BCUT2D eigenvalue weighted by Gasteiger charge is 2.28. The van der Waals surface area contributed by atoms with Gasteiger partial charge in [-0.3, -0.25) is 0 Å². The molecular formula is C19H25NO3S2. The molecule has 25 heavy (non-hydrogen) atoms. The van der Waals surface area contributed by atoms with Crippen LogP contribution < -0.4 is 9.46 Å². The van der Waals surface area contributed by atoms with E-state index in [1.54, 1.807) is 18.3 Å². The first-order valence-electron chi connectivity index (χ1n) is 8.83. The van der Waals surface area contributed by atoms with Crippen LogP contribution in [0.25, 0.3) is 11.1 Å². The van der Waals surface area contributed by atoms with Gasteiger partial charge in [-0.25, -0.2) is 13.1 Å². The highest BCUT2D eigenvalue weighted by atomic mass is 32.2. The summed E-state index contributed by atoms with van der Waals surface area (Å²) in [4.78, 5) is 0. The number of rotatable bonds is 7. The topological polar surface area (TPSA) is 55.4 Å². The van der Waals surface area contributed by atoms with Crippen LogP contribution in [-0.4, -0.2) is 26.8 Å². The maximum absolute atomic E-state index is 11.9. The molecule has 0 radical (unpaired) electrons. The molecule has 1 fully saturated rings. The van der Waals surface area contributed by atoms with Crippen LogP contribution in [0.15, 0.2) is 41.1 Å². The van der Waals surface area contributed by atoms with Gasteiger partial charge in [0, 0.05) is 12.0 Å². The first-order chi connectivity index (χ1) is 12.1. The minimum Gasteiger partial charge on any atom is -0.493 e. The zero-order valence-electron chi connectivity index (χ0n) is 14.5. The predicted octanol–water partition coefficient (Wildman–Crippen LogP) is 4.29. The van der Waals surface area contributed by atoms with Gasteiger partial charge in [0.25, 0.3) is 0 Å². The van der Waals surface area contributed by atoms with Gasteiger partial charge in [0.1, 0.15) is 5.75 Å². The maximum atomic E-state index is 11.9. The molecule has 136 valence electrons. The molecule has 0 amide bonds. The summed E-state index contributed by atoms with van der Waals surface area (Å²) in [7, 11) is -3.17. The van der Waals surface area contributed by atoms with Crippen LogP contribution in [0.1, 0.15) is 32.6 Å². The molecule has 1 aromatic carbocycles. The fourth-order valence-corrected chi connectivity index (χ4v) is 4.86. The monoisotopic (exact) mass is 379 g/mol. The van der Waals surface area contributed by atoms with E-state index in [9.17, 15) is 8.42 Å². The average Bonchev–Trinajstić information content (AvgIpc) is 3.16. The van der Waals surface area contributed by atoms with Crippen molar-refractivity contribution in [2.75, 3.05) is 12.4 Å². The summed E-state index contributed by atoms with van der Waals surface area (Å²) in [6, 6.07) is 10.2. The van der Waals surface area contributed by atoms with Crippen molar-refractivity contribution in [2.24, 2.45) is 5.92 Å². The molecule has 6 heteroatoms. The summed E-state index contributed by atoms with van der Waals surface area (Å²) in [5.74, 6) is 1.19. The Morgan fingerprint density at radius 3 is 2.56 bits per heavy atom. The normalized spacial score (nSPS) is 21.2. The van der Waals surface area contributed by atoms with Crippen molar-refractivity contribution in [3.05, 3.63) is 41.1 Å². The molecule has 1 N–H and O–H groups in total. The highest BCUT2D eigenvalue weighted by molar-refractivity contribution is 7.89. The van der Waals surface area contributed by atoms with Crippen LogP contribution in [0.4, 0.5) is 0 Å². The molecule has 0 bridgehead atoms. The number of thiophene rings is 1. The zero-order valence-corrected chi connectivity index (χ0v) is 16.1. The SMILES string of the molecule is CCS(=O)(=O)NC1CCCCC1COc1ccc(-c2ccsc2)cc1. The molecule has 2 atom stereocenters. The molecule has 0 aliphatic heterocycles. The lowest BCUT2D eigenvalue weighted by molar-refractivity contribution is 0.180. The average molecular weight is 380 g/mol. The molecule has 1 aromatic heterocycles. The highest BCUT2D eigenvalue weighted by Crippen LogP contribution is 2.28. The van der Waals surface area contributed by atoms with E-state index in [0.717, 1.165) is 31.4 Å². The molecule has 3 rings (SSSR count). The van der Waals surface area contributed by atoms with Gasteiger partial charge < -0.3 is 4.74 Å². The van der Waals surface area contributed by atoms with E-state index in [0.29, 0.717) is 6.61 Å². The smallest absolute Gasteiger partial charge is 0.211 e. The van der Waals surface area contributed by atoms with E-state index in [-0.39, 0.29) is 17.7 Å². The van der Waals surface area contributed by atoms with Crippen molar-refractivity contribution in [1.82, 2.24) is 4.72 Å². The van der Waals surface area contributed by atoms with Crippen molar-refractivity contribution in [3.8, 4) is 16.9 Å². The van der Waals surface area contributed by atoms with Crippen LogP contribution in [0.3, 0.4) is 0 Å². The zero-order chi connectivity index (χ0) is 17.7. The third kappa shape index (κ3) is 5.06. The number of hydrogen-bond donors (Lipinski definition) is 1. The Labute approximate surface area is 154 Å². The third-order valence-electron chi connectivity index (χ3n) is 4.79. The van der Waals surface area contributed by atoms with E-state index in [4.69, 9.17) is 4.74 Å². The summed E-state index contributed by atoms with van der Waals surface area (Å²) < 4.78 is 32.6. The van der Waals surface area contributed by atoms with Crippen LogP contribution in [0.2, 0.25) is 0 Å². The molecule has 1 saturated carbocycles. The second kappa shape index (κ2) is 8.34. The predicted molar refractivity (Wildman–Crippen MR) is 104 cm³/mol. The Balaban J connectivity index is 1.59. The van der Waals surface area contributed by atoms with Gasteiger partial charge in [-0.05, 0) is 59.9 Å². The van der Waals surface area contributed by atoms with Crippen molar-refractivity contribution < 1.29 is 13.2 Å². The van der Waals surface area contributed by atoms with Crippen LogP contribution in [-0.2, 0) is 10.0 Å². The van der Waals surface area contributed by atoms with Gasteiger partial charge in [0.2, 0.25) is 10.0 Å². The van der Waals surface area contributed by atoms with E-state index in [2.05, 4.69) is 33.7 Å². The summed E-state index contributed by atoms with van der Waals surface area (Å²) in [5, 5.41) is 4.20. The van der Waals surface area contributed by atoms with Crippen molar-refractivity contribution in [2.45, 2.75) is 38.6 Å². The number of hydrogen-bond acceptors (Lipinski definition) is 4. The van der Waals surface area contributed by atoms with Crippen molar-refractivity contribution >= 4 is 21.4 Å². The quantitative estimate of drug-likeness (QED) is 0.781. The van der Waals surface area contributed by atoms with E-state index in [1.165, 1.54) is 11.1 Å². The van der Waals surface area contributed by atoms with Crippen molar-refractivity contribution in [3.63, 3.8) is 0 Å². The number of sulfonamides is 1. The largest absolute Gasteiger partial charge is 0.493 e. The molecule has 1 aliphatic carbocycles. The fraction of sp³-hybridized carbons (Fsp3) is 0.474. The van der Waals surface area contributed by atoms with Gasteiger partial charge in [0.05, 0.1) is 12.4 Å². The molecule has 2 aromatic rings. The van der Waals surface area contributed by atoms with Crippen LogP contribution in [0.5, 0.6) is 5.75 Å². The van der Waals surface area contributed by atoms with Gasteiger partial charge in [-0.2, -0.15) is 11.3 Å². The molecule has 2 unspecified atom stereocenters. The Morgan fingerprint density at radius 1 is 1.12 bits per heavy atom. The molecule has 1 aliphatic rings. The lowest BCUT2D eigenvalue weighted by Gasteiger charge is -2.31. The first kappa shape index (κ1) is 18.4. The minimum atomic E-state index is -3.17. The molecule has 0 spiro atoms. The van der Waals surface area contributed by atoms with E-state index >= 15 is 0 Å². The second-order valence-electron chi connectivity index (χ2n) is 6.52. The fourth-order valence-electron chi connectivity index (χ4n) is 3.25. The van der Waals surface area contributed by atoms with Gasteiger partial charge in [-0.15, -0.1) is 0 Å². The van der Waals surface area contributed by atoms with Crippen LogP contribution >= 0.6 is 11.3 Å². The molecule has 1 heterocycles. The summed E-state index contributed by atoms with van der Waals surface area (Å²) in [6.07, 6.45) is 4.10. The number of benzene rings is 1. The van der Waals surface area contributed by atoms with E-state index in [1.807, 2.05) is 12.1 Å². The Hall–Kier alpha value is -1.37. The lowest BCUT2D eigenvalue weighted by Crippen LogP contribution is -2.44. The Morgan fingerprint density at radius 2 is 1.88 bits per heavy atom. The number of ether oxygens (including phenoxy) is 1. The van der Waals surface area contributed by atoms with Gasteiger partial charge in [-0.1, -0.05) is 25.0 Å². The standard InChI is InChI=1S/C19H25NO3S2/c1-2-25(21,22)20-19-6-4-3-5-16(19)13-23-18-9-7-15(8-10-18)17-11-12-24-14-17/h7-12,14,16,19-20H,2-6,13H2,1H3. The van der Waals surface area contributed by atoms with Crippen molar-refractivity contribution in [1.29, 1.82) is 0 Å². The summed E-state index contributed by atoms with van der Waals surface area (Å²) >= 11 is 1.69. The third-order valence-corrected chi connectivity index (χ3v) is 6.90. The second-order valence-corrected chi connectivity index (χ2v) is 9.34. The summed E-state index contributed by atoms with van der Waals surface area (Å²) in [6.45, 7) is 2.22. The molecule has 0 saturated heterocycles. The van der Waals surface area contributed by atoms with E-state index < -0.39 is 10.0 Å². The number of nitrogens with one attached hydrogen (secondary N) is 1. The Kier molecular flexibility index (Phi) is 6.15. The molecule has 4 nitrogen and oxygen atoms in total. The Bertz CT molecular complexity index is 754. The van der Waals surface area contributed by atoms with Gasteiger partial charge >= 0.3 is 0 Å². The lowest BCUT2D eigenvalue weighted by atomic mass is 9.86. The first-order valence-corrected chi connectivity index (χ1v) is 11.4. The molecular weight excluding hydrogens is 354 g/mol. The maximum Gasteiger partial charge on any atom is 0.211 e. The van der Waals surface area contributed by atoms with Gasteiger partial charge in [0.15, 0.2) is 0 Å². The minimum absolute atomic E-state index is 0.0104. The van der Waals surface area contributed by atoms with Crippen LogP contribution in [0, 0.1) is 5.92 Å².